The maximum Gasteiger partial charge on any atom is 0.457 e. The van der Waals surface area contributed by atoms with Gasteiger partial charge in [-0.05, 0) is 80.0 Å². The Morgan fingerprint density at radius 2 is 1.79 bits per heavy atom. The third-order valence-corrected chi connectivity index (χ3v) is 6.55. The Labute approximate surface area is 175 Å². The number of hydrogen-bond acceptors (Lipinski definition) is 6. The molecule has 0 radical (unpaired) electrons. The highest BCUT2D eigenvalue weighted by Crippen LogP contribution is 2.41. The van der Waals surface area contributed by atoms with Crippen LogP contribution in [0.3, 0.4) is 0 Å². The lowest BCUT2D eigenvalue weighted by atomic mass is 9.66. The summed E-state index contributed by atoms with van der Waals surface area (Å²) in [4.78, 5) is 23.8. The molecule has 0 aromatic rings. The maximum absolute atomic E-state index is 11.9. The van der Waals surface area contributed by atoms with Crippen LogP contribution in [-0.2, 0) is 18.8 Å². The van der Waals surface area contributed by atoms with E-state index in [1.54, 1.807) is 0 Å². The number of amides is 1. The largest absolute Gasteiger partial charge is 0.457 e. The van der Waals surface area contributed by atoms with Crippen molar-refractivity contribution >= 4 is 19.5 Å². The minimum Gasteiger partial charge on any atom is -0.444 e. The molecule has 1 saturated heterocycles. The molecule has 2 rings (SSSR count). The third-order valence-electron chi connectivity index (χ3n) is 6.55. The number of rotatable bonds is 6. The van der Waals surface area contributed by atoms with Gasteiger partial charge in [0.2, 0.25) is 0 Å². The molecule has 29 heavy (non-hydrogen) atoms. The molecule has 2 fully saturated rings. The minimum absolute atomic E-state index is 0.0967. The van der Waals surface area contributed by atoms with Gasteiger partial charge in [-0.3, -0.25) is 0 Å². The van der Waals surface area contributed by atoms with Gasteiger partial charge in [0.05, 0.1) is 16.7 Å². The zero-order valence-corrected chi connectivity index (χ0v) is 19.2. The van der Waals surface area contributed by atoms with Crippen molar-refractivity contribution in [3.05, 3.63) is 0 Å². The molecule has 7 nitrogen and oxygen atoms in total. The van der Waals surface area contributed by atoms with E-state index in [1.807, 2.05) is 48.5 Å². The molecule has 2 aliphatic rings. The Balaban J connectivity index is 1.85. The van der Waals surface area contributed by atoms with E-state index in [2.05, 4.69) is 5.32 Å². The van der Waals surface area contributed by atoms with E-state index in [4.69, 9.17) is 19.8 Å². The van der Waals surface area contributed by atoms with Crippen LogP contribution in [0.5, 0.6) is 0 Å². The second-order valence-electron chi connectivity index (χ2n) is 10.7. The zero-order valence-electron chi connectivity index (χ0n) is 19.2. The summed E-state index contributed by atoms with van der Waals surface area (Å²) in [7, 11) is -0.227. The lowest BCUT2D eigenvalue weighted by molar-refractivity contribution is -0.115. The average molecular weight is 410 g/mol. The van der Waals surface area contributed by atoms with Crippen molar-refractivity contribution in [2.75, 3.05) is 6.54 Å². The van der Waals surface area contributed by atoms with E-state index in [0.717, 1.165) is 31.9 Å². The third kappa shape index (κ3) is 6.18. The Morgan fingerprint density at radius 1 is 1.21 bits per heavy atom. The molecule has 1 heterocycles. The van der Waals surface area contributed by atoms with E-state index >= 15 is 0 Å². The van der Waals surface area contributed by atoms with E-state index in [0.29, 0.717) is 18.9 Å². The van der Waals surface area contributed by atoms with Gasteiger partial charge in [-0.1, -0.05) is 6.42 Å². The molecule has 0 aromatic carbocycles. The number of nitrogens with one attached hydrogen (secondary N) is 1. The van der Waals surface area contributed by atoms with Crippen LogP contribution in [-0.4, -0.2) is 48.4 Å². The van der Waals surface area contributed by atoms with Gasteiger partial charge in [-0.25, -0.2) is 4.79 Å². The number of nitrogens with two attached hydrogens (primary N) is 1. The van der Waals surface area contributed by atoms with Crippen molar-refractivity contribution < 1.29 is 23.6 Å². The molecule has 3 N–H and O–H groups in total. The van der Waals surface area contributed by atoms with Gasteiger partial charge >= 0.3 is 13.2 Å². The topological polar surface area (TPSA) is 99.9 Å². The number of alkyl carbamates (subject to hydrolysis) is 1. The molecule has 1 amide bonds. The van der Waals surface area contributed by atoms with E-state index in [-0.39, 0.29) is 24.2 Å². The minimum atomic E-state index is -0.937. The molecule has 3 atom stereocenters. The highest BCUT2D eigenvalue weighted by atomic mass is 16.7. The molecule has 1 aliphatic heterocycles. The van der Waals surface area contributed by atoms with Gasteiger partial charge in [0.15, 0.2) is 0 Å². The van der Waals surface area contributed by atoms with Crippen LogP contribution in [0.15, 0.2) is 0 Å². The van der Waals surface area contributed by atoms with Crippen LogP contribution in [0.25, 0.3) is 0 Å². The molecule has 0 aromatic heterocycles. The predicted octanol–water partition coefficient (Wildman–Crippen LogP) is 3.31. The first-order chi connectivity index (χ1) is 13.2. The van der Waals surface area contributed by atoms with Crippen LogP contribution >= 0.6 is 0 Å². The van der Waals surface area contributed by atoms with Gasteiger partial charge in [0, 0.05) is 12.5 Å². The summed E-state index contributed by atoms with van der Waals surface area (Å²) in [6.07, 6.45) is 4.43. The zero-order chi connectivity index (χ0) is 22.1. The van der Waals surface area contributed by atoms with E-state index in [1.165, 1.54) is 0 Å². The fourth-order valence-electron chi connectivity index (χ4n) is 4.13. The summed E-state index contributed by atoms with van der Waals surface area (Å²) in [5, 5.41) is 2.77. The normalized spacial score (nSPS) is 31.4. The van der Waals surface area contributed by atoms with Gasteiger partial charge < -0.3 is 29.9 Å². The average Bonchev–Trinajstić information content (AvgIpc) is 2.77. The van der Waals surface area contributed by atoms with Gasteiger partial charge in [0.1, 0.15) is 11.9 Å². The predicted molar refractivity (Wildman–Crippen MR) is 114 cm³/mol. The monoisotopic (exact) mass is 410 g/mol. The van der Waals surface area contributed by atoms with Gasteiger partial charge in [-0.15, -0.1) is 0 Å². The van der Waals surface area contributed by atoms with Crippen LogP contribution < -0.4 is 11.1 Å². The van der Waals surface area contributed by atoms with E-state index < -0.39 is 17.2 Å². The van der Waals surface area contributed by atoms with Crippen molar-refractivity contribution in [1.29, 1.82) is 0 Å². The molecule has 1 aliphatic carbocycles. The van der Waals surface area contributed by atoms with Gasteiger partial charge in [0.25, 0.3) is 0 Å². The summed E-state index contributed by atoms with van der Waals surface area (Å²) in [5.74, 6) is 0.239. The number of ether oxygens (including phenoxy) is 1. The molecular weight excluding hydrogens is 371 g/mol. The lowest BCUT2D eigenvalue weighted by Crippen LogP contribution is -2.56. The van der Waals surface area contributed by atoms with Gasteiger partial charge in [-0.2, -0.15) is 0 Å². The number of carbonyl (C=O) groups excluding carboxylic acids is 2. The number of carbonyl (C=O) groups is 2. The summed E-state index contributed by atoms with van der Waals surface area (Å²) in [6.45, 7) is 14.0. The molecule has 0 bridgehead atoms. The van der Waals surface area contributed by atoms with Crippen molar-refractivity contribution in [3.8, 4) is 0 Å². The molecule has 1 saturated carbocycles. The molecular formula is C21H39BN2O5. The van der Waals surface area contributed by atoms with Crippen molar-refractivity contribution in [2.24, 2.45) is 17.6 Å². The Morgan fingerprint density at radius 3 is 2.31 bits per heavy atom. The quantitative estimate of drug-likeness (QED) is 0.515. The van der Waals surface area contributed by atoms with Crippen LogP contribution in [0.4, 0.5) is 4.79 Å². The Bertz CT molecular complexity index is 588. The first-order valence-electron chi connectivity index (χ1n) is 10.8. The highest BCUT2D eigenvalue weighted by Gasteiger charge is 2.51. The molecule has 0 spiro atoms. The van der Waals surface area contributed by atoms with E-state index in [9.17, 15) is 9.59 Å². The second-order valence-corrected chi connectivity index (χ2v) is 10.7. The highest BCUT2D eigenvalue weighted by molar-refractivity contribution is 6.45. The number of hydrogen-bond donors (Lipinski definition) is 2. The Kier molecular flexibility index (Phi) is 7.13. The van der Waals surface area contributed by atoms with Crippen LogP contribution in [0, 0.1) is 11.8 Å². The van der Waals surface area contributed by atoms with Crippen LogP contribution in [0.1, 0.15) is 74.1 Å². The van der Waals surface area contributed by atoms with Crippen LogP contribution in [0.2, 0.25) is 6.32 Å². The molecule has 8 heteroatoms. The van der Waals surface area contributed by atoms with Crippen molar-refractivity contribution in [1.82, 2.24) is 5.32 Å². The molecule has 166 valence electrons. The fraction of sp³-hybridized carbons (Fsp3) is 0.905. The van der Waals surface area contributed by atoms with Crippen molar-refractivity contribution in [2.45, 2.75) is 103 Å². The summed E-state index contributed by atoms with van der Waals surface area (Å²) >= 11 is 0. The lowest BCUT2D eigenvalue weighted by Gasteiger charge is -2.41. The maximum atomic E-state index is 11.9. The summed E-state index contributed by atoms with van der Waals surface area (Å²) < 4.78 is 17.4. The summed E-state index contributed by atoms with van der Waals surface area (Å²) in [5.41, 5.74) is 4.30. The molecule has 0 unspecified atom stereocenters. The first kappa shape index (κ1) is 24.2. The second kappa shape index (κ2) is 8.56. The summed E-state index contributed by atoms with van der Waals surface area (Å²) in [6, 6.07) is 0. The number of aldehydes is 1. The Hall–Kier alpha value is -1.12. The first-order valence-corrected chi connectivity index (χ1v) is 10.8. The standard InChI is InChI=1S/C21H39BN2O5/c1-18(2,3)27-17(26)24-13-16-9-8-15(12-21(16,23)14-25)10-11-22-28-19(4,5)20(6,7)29-22/h14-16H,8-13,23H2,1-7H3,(H,24,26)/t15-,16-,21-/m0/s1. The van der Waals surface area contributed by atoms with Crippen molar-refractivity contribution in [3.63, 3.8) is 0 Å². The smallest absolute Gasteiger partial charge is 0.444 e. The fourth-order valence-corrected chi connectivity index (χ4v) is 4.13. The SMILES string of the molecule is CC(C)(C)OC(=O)NC[C@@H]1CC[C@@H](CCB2OC(C)(C)C(C)(C)O2)C[C@]1(N)C=O.